The number of carbonyl (C=O) groups excluding carboxylic acids is 1. The van der Waals surface area contributed by atoms with Crippen LogP contribution in [0.1, 0.15) is 73.6 Å². The first-order chi connectivity index (χ1) is 9.76. The van der Waals surface area contributed by atoms with Crippen LogP contribution in [-0.2, 0) is 4.74 Å². The lowest BCUT2D eigenvalue weighted by atomic mass is 9.78. The standard InChI is InChI=1S/C18H35NO2/c1-7-14(3)13-15(8-2)16-9-11-19(12-10-16)17(20)21-18(4,5)6/h14-16H,7-13H2,1-6H3. The smallest absolute Gasteiger partial charge is 0.410 e. The fourth-order valence-electron chi connectivity index (χ4n) is 3.26. The average molecular weight is 297 g/mol. The maximum atomic E-state index is 12.1. The summed E-state index contributed by atoms with van der Waals surface area (Å²) in [4.78, 5) is 14.0. The molecule has 0 saturated carbocycles. The van der Waals surface area contributed by atoms with Crippen molar-refractivity contribution in [1.29, 1.82) is 0 Å². The van der Waals surface area contributed by atoms with Crippen LogP contribution in [0.5, 0.6) is 0 Å². The quantitative estimate of drug-likeness (QED) is 0.707. The Kier molecular flexibility index (Phi) is 7.02. The van der Waals surface area contributed by atoms with Crippen LogP contribution >= 0.6 is 0 Å². The van der Waals surface area contributed by atoms with Gasteiger partial charge in [0.15, 0.2) is 0 Å². The number of hydrogen-bond acceptors (Lipinski definition) is 2. The van der Waals surface area contributed by atoms with Crippen molar-refractivity contribution in [2.75, 3.05) is 13.1 Å². The van der Waals surface area contributed by atoms with Crippen LogP contribution in [0.2, 0.25) is 0 Å². The van der Waals surface area contributed by atoms with Gasteiger partial charge in [-0.15, -0.1) is 0 Å². The number of amides is 1. The number of hydrogen-bond donors (Lipinski definition) is 0. The molecule has 0 aromatic rings. The number of ether oxygens (including phenoxy) is 1. The number of likely N-dealkylation sites (tertiary alicyclic amines) is 1. The van der Waals surface area contributed by atoms with Crippen molar-refractivity contribution in [3.63, 3.8) is 0 Å². The second-order valence-corrected chi connectivity index (χ2v) is 7.72. The van der Waals surface area contributed by atoms with Gasteiger partial charge in [-0.2, -0.15) is 0 Å². The predicted molar refractivity (Wildman–Crippen MR) is 88.4 cm³/mol. The van der Waals surface area contributed by atoms with Gasteiger partial charge >= 0.3 is 6.09 Å². The number of carbonyl (C=O) groups is 1. The molecule has 0 aromatic heterocycles. The zero-order valence-electron chi connectivity index (χ0n) is 14.9. The molecule has 3 nitrogen and oxygen atoms in total. The van der Waals surface area contributed by atoms with Crippen LogP contribution < -0.4 is 0 Å². The third-order valence-electron chi connectivity index (χ3n) is 4.78. The normalized spacial score (nSPS) is 20.2. The Balaban J connectivity index is 2.45. The summed E-state index contributed by atoms with van der Waals surface area (Å²) < 4.78 is 5.47. The van der Waals surface area contributed by atoms with Gasteiger partial charge in [0.05, 0.1) is 0 Å². The van der Waals surface area contributed by atoms with Gasteiger partial charge in [0.2, 0.25) is 0 Å². The molecule has 0 bridgehead atoms. The molecule has 0 radical (unpaired) electrons. The van der Waals surface area contributed by atoms with Crippen molar-refractivity contribution in [3.05, 3.63) is 0 Å². The minimum atomic E-state index is -0.392. The lowest BCUT2D eigenvalue weighted by Crippen LogP contribution is -2.42. The molecule has 0 N–H and O–H groups in total. The van der Waals surface area contributed by atoms with Crippen molar-refractivity contribution < 1.29 is 9.53 Å². The second kappa shape index (κ2) is 8.05. The van der Waals surface area contributed by atoms with Gasteiger partial charge in [0.1, 0.15) is 5.60 Å². The van der Waals surface area contributed by atoms with E-state index < -0.39 is 5.60 Å². The van der Waals surface area contributed by atoms with Gasteiger partial charge in [-0.05, 0) is 57.8 Å². The summed E-state index contributed by atoms with van der Waals surface area (Å²) in [6.07, 6.45) is 6.00. The maximum Gasteiger partial charge on any atom is 0.410 e. The molecule has 1 amide bonds. The topological polar surface area (TPSA) is 29.5 Å². The Bertz CT molecular complexity index is 314. The maximum absolute atomic E-state index is 12.1. The highest BCUT2D eigenvalue weighted by molar-refractivity contribution is 5.68. The summed E-state index contributed by atoms with van der Waals surface area (Å²) in [6, 6.07) is 0. The van der Waals surface area contributed by atoms with E-state index in [2.05, 4.69) is 20.8 Å². The highest BCUT2D eigenvalue weighted by Gasteiger charge is 2.30. The van der Waals surface area contributed by atoms with E-state index in [0.29, 0.717) is 0 Å². The summed E-state index contributed by atoms with van der Waals surface area (Å²) in [5, 5.41) is 0. The molecule has 1 aliphatic heterocycles. The van der Waals surface area contributed by atoms with Crippen molar-refractivity contribution >= 4 is 6.09 Å². The van der Waals surface area contributed by atoms with Crippen molar-refractivity contribution in [1.82, 2.24) is 4.90 Å². The molecule has 1 heterocycles. The van der Waals surface area contributed by atoms with Crippen LogP contribution in [0.4, 0.5) is 4.79 Å². The van der Waals surface area contributed by atoms with Gasteiger partial charge in [0, 0.05) is 13.1 Å². The monoisotopic (exact) mass is 297 g/mol. The van der Waals surface area contributed by atoms with Gasteiger partial charge in [0.25, 0.3) is 0 Å². The molecule has 0 spiro atoms. The van der Waals surface area contributed by atoms with E-state index >= 15 is 0 Å². The van der Waals surface area contributed by atoms with Crippen molar-refractivity contribution in [3.8, 4) is 0 Å². The Morgan fingerprint density at radius 1 is 1.19 bits per heavy atom. The second-order valence-electron chi connectivity index (χ2n) is 7.72. The van der Waals surface area contributed by atoms with Crippen LogP contribution in [0.3, 0.4) is 0 Å². The molecule has 1 saturated heterocycles. The minimum absolute atomic E-state index is 0.143. The Morgan fingerprint density at radius 2 is 1.76 bits per heavy atom. The van der Waals surface area contributed by atoms with E-state index in [9.17, 15) is 4.79 Å². The summed E-state index contributed by atoms with van der Waals surface area (Å²) in [6.45, 7) is 14.5. The molecule has 0 aliphatic carbocycles. The lowest BCUT2D eigenvalue weighted by molar-refractivity contribution is 0.0151. The molecule has 2 unspecified atom stereocenters. The molecule has 1 rings (SSSR count). The first-order valence-corrected chi connectivity index (χ1v) is 8.74. The fraction of sp³-hybridized carbons (Fsp3) is 0.944. The molecular weight excluding hydrogens is 262 g/mol. The summed E-state index contributed by atoms with van der Waals surface area (Å²) in [5.74, 6) is 2.42. The van der Waals surface area contributed by atoms with Crippen LogP contribution in [-0.4, -0.2) is 29.7 Å². The number of nitrogens with zero attached hydrogens (tertiary/aromatic N) is 1. The Morgan fingerprint density at radius 3 is 2.19 bits per heavy atom. The third kappa shape index (κ3) is 6.27. The van der Waals surface area contributed by atoms with Gasteiger partial charge in [-0.3, -0.25) is 0 Å². The zero-order valence-corrected chi connectivity index (χ0v) is 14.9. The van der Waals surface area contributed by atoms with Crippen molar-refractivity contribution in [2.24, 2.45) is 17.8 Å². The highest BCUT2D eigenvalue weighted by Crippen LogP contribution is 2.32. The summed E-state index contributed by atoms with van der Waals surface area (Å²) >= 11 is 0. The summed E-state index contributed by atoms with van der Waals surface area (Å²) in [7, 11) is 0. The Labute approximate surface area is 131 Å². The molecule has 2 atom stereocenters. The van der Waals surface area contributed by atoms with E-state index in [1.165, 1.54) is 19.3 Å². The predicted octanol–water partition coefficient (Wildman–Crippen LogP) is 5.10. The summed E-state index contributed by atoms with van der Waals surface area (Å²) in [5.41, 5.74) is -0.392. The number of piperidine rings is 1. The first-order valence-electron chi connectivity index (χ1n) is 8.74. The van der Waals surface area contributed by atoms with E-state index in [0.717, 1.165) is 43.7 Å². The van der Waals surface area contributed by atoms with Crippen molar-refractivity contribution in [2.45, 2.75) is 79.2 Å². The Hall–Kier alpha value is -0.730. The molecule has 124 valence electrons. The van der Waals surface area contributed by atoms with Crippen LogP contribution in [0.25, 0.3) is 0 Å². The third-order valence-corrected chi connectivity index (χ3v) is 4.78. The molecule has 1 aliphatic rings. The van der Waals surface area contributed by atoms with E-state index in [-0.39, 0.29) is 6.09 Å². The van der Waals surface area contributed by atoms with Gasteiger partial charge < -0.3 is 9.64 Å². The SMILES string of the molecule is CCC(C)CC(CC)C1CCN(C(=O)OC(C)(C)C)CC1. The van der Waals surface area contributed by atoms with E-state index in [1.54, 1.807) is 0 Å². The zero-order chi connectivity index (χ0) is 16.0. The highest BCUT2D eigenvalue weighted by atomic mass is 16.6. The van der Waals surface area contributed by atoms with E-state index in [4.69, 9.17) is 4.74 Å². The average Bonchev–Trinajstić information content (AvgIpc) is 2.42. The molecule has 0 aromatic carbocycles. The van der Waals surface area contributed by atoms with Gasteiger partial charge in [-0.25, -0.2) is 4.79 Å². The van der Waals surface area contributed by atoms with Crippen LogP contribution in [0, 0.1) is 17.8 Å². The molecular formula is C18H35NO2. The number of rotatable bonds is 5. The lowest BCUT2D eigenvalue weighted by Gasteiger charge is -2.37. The first kappa shape index (κ1) is 18.3. The van der Waals surface area contributed by atoms with Crippen LogP contribution in [0.15, 0.2) is 0 Å². The largest absolute Gasteiger partial charge is 0.444 e. The van der Waals surface area contributed by atoms with E-state index in [1.807, 2.05) is 25.7 Å². The molecule has 3 heteroatoms. The van der Waals surface area contributed by atoms with Gasteiger partial charge in [-0.1, -0.05) is 33.6 Å². The minimum Gasteiger partial charge on any atom is -0.444 e. The molecule has 1 fully saturated rings. The fourth-order valence-corrected chi connectivity index (χ4v) is 3.26. The molecule has 21 heavy (non-hydrogen) atoms.